The molecule has 0 saturated carbocycles. The van der Waals surface area contributed by atoms with Crippen molar-refractivity contribution in [2.45, 2.75) is 26.7 Å². The Bertz CT molecular complexity index is 526. The van der Waals surface area contributed by atoms with Crippen molar-refractivity contribution in [3.8, 4) is 11.1 Å². The second kappa shape index (κ2) is 4.62. The summed E-state index contributed by atoms with van der Waals surface area (Å²) in [6.45, 7) is 4.23. The number of anilines is 1. The van der Waals surface area contributed by atoms with E-state index in [1.807, 2.05) is 23.9 Å². The minimum atomic E-state index is 0.841. The van der Waals surface area contributed by atoms with Gasteiger partial charge in [-0.05, 0) is 30.5 Å². The molecule has 0 atom stereocenters. The van der Waals surface area contributed by atoms with E-state index >= 15 is 0 Å². The predicted octanol–water partition coefficient (Wildman–Crippen LogP) is 2.93. The van der Waals surface area contributed by atoms with Crippen LogP contribution in [0.2, 0.25) is 0 Å². The Morgan fingerprint density at radius 2 is 2.06 bits per heavy atom. The van der Waals surface area contributed by atoms with E-state index in [9.17, 15) is 0 Å². The number of aromatic nitrogens is 2. The lowest BCUT2D eigenvalue weighted by atomic mass is 9.98. The summed E-state index contributed by atoms with van der Waals surface area (Å²) in [6.07, 6.45) is 4.18. The molecule has 2 aromatic rings. The number of hydrogen-bond acceptors (Lipinski definition) is 2. The van der Waals surface area contributed by atoms with Crippen LogP contribution in [0.4, 0.5) is 5.69 Å². The van der Waals surface area contributed by atoms with Crippen molar-refractivity contribution in [2.75, 3.05) is 5.73 Å². The molecule has 0 unspecified atom stereocenters. The second-order valence-electron chi connectivity index (χ2n) is 4.43. The normalized spacial score (nSPS) is 10.8. The average molecular weight is 229 g/mol. The van der Waals surface area contributed by atoms with Gasteiger partial charge in [0, 0.05) is 24.5 Å². The molecule has 0 spiro atoms. The Morgan fingerprint density at radius 3 is 2.76 bits per heavy atom. The standard InChI is InChI=1S/C14H19N3/c1-4-6-14-12(9-17(3)16-14)11-7-5-8-13(15)10(11)2/h5,7-9H,4,6,15H2,1-3H3. The molecule has 17 heavy (non-hydrogen) atoms. The molecule has 3 heteroatoms. The van der Waals surface area contributed by atoms with E-state index in [-0.39, 0.29) is 0 Å². The smallest absolute Gasteiger partial charge is 0.0702 e. The highest BCUT2D eigenvalue weighted by Gasteiger charge is 2.12. The van der Waals surface area contributed by atoms with Gasteiger partial charge in [0.15, 0.2) is 0 Å². The molecule has 0 aliphatic heterocycles. The van der Waals surface area contributed by atoms with E-state index in [0.717, 1.165) is 29.8 Å². The summed E-state index contributed by atoms with van der Waals surface area (Å²) in [5.41, 5.74) is 11.5. The molecule has 0 radical (unpaired) electrons. The molecule has 1 aromatic heterocycles. The lowest BCUT2D eigenvalue weighted by Crippen LogP contribution is -1.94. The highest BCUT2D eigenvalue weighted by atomic mass is 15.2. The van der Waals surface area contributed by atoms with Gasteiger partial charge in [0.1, 0.15) is 0 Å². The SMILES string of the molecule is CCCc1nn(C)cc1-c1cccc(N)c1C. The molecule has 1 heterocycles. The van der Waals surface area contributed by atoms with Crippen LogP contribution >= 0.6 is 0 Å². The van der Waals surface area contributed by atoms with Crippen LogP contribution in [0.15, 0.2) is 24.4 Å². The predicted molar refractivity (Wildman–Crippen MR) is 71.8 cm³/mol. The Hall–Kier alpha value is -1.77. The summed E-state index contributed by atoms with van der Waals surface area (Å²) >= 11 is 0. The fraction of sp³-hybridized carbons (Fsp3) is 0.357. The molecular formula is C14H19N3. The topological polar surface area (TPSA) is 43.8 Å². The average Bonchev–Trinajstić information content (AvgIpc) is 2.64. The Morgan fingerprint density at radius 1 is 1.29 bits per heavy atom. The van der Waals surface area contributed by atoms with Gasteiger partial charge in [-0.3, -0.25) is 4.68 Å². The summed E-state index contributed by atoms with van der Waals surface area (Å²) in [7, 11) is 1.96. The van der Waals surface area contributed by atoms with E-state index in [2.05, 4.69) is 31.2 Å². The highest BCUT2D eigenvalue weighted by molar-refractivity contribution is 5.73. The monoisotopic (exact) mass is 229 g/mol. The number of nitrogens with zero attached hydrogens (tertiary/aromatic N) is 2. The summed E-state index contributed by atoms with van der Waals surface area (Å²) in [4.78, 5) is 0. The summed E-state index contributed by atoms with van der Waals surface area (Å²) < 4.78 is 1.88. The Labute approximate surface area is 102 Å². The molecule has 3 nitrogen and oxygen atoms in total. The number of benzene rings is 1. The summed E-state index contributed by atoms with van der Waals surface area (Å²) in [5, 5.41) is 4.52. The summed E-state index contributed by atoms with van der Waals surface area (Å²) in [5.74, 6) is 0. The van der Waals surface area contributed by atoms with E-state index in [0.29, 0.717) is 0 Å². The van der Waals surface area contributed by atoms with Crippen molar-refractivity contribution in [2.24, 2.45) is 7.05 Å². The quantitative estimate of drug-likeness (QED) is 0.822. The molecule has 0 aliphatic carbocycles. The van der Waals surface area contributed by atoms with Crippen LogP contribution in [0.5, 0.6) is 0 Å². The zero-order valence-corrected chi connectivity index (χ0v) is 10.7. The number of hydrogen-bond donors (Lipinski definition) is 1. The molecule has 0 aliphatic rings. The minimum Gasteiger partial charge on any atom is -0.398 e. The maximum Gasteiger partial charge on any atom is 0.0702 e. The van der Waals surface area contributed by atoms with Crippen LogP contribution in [0, 0.1) is 6.92 Å². The Balaban J connectivity index is 2.55. The van der Waals surface area contributed by atoms with Crippen molar-refractivity contribution < 1.29 is 0 Å². The number of nitrogen functional groups attached to an aromatic ring is 1. The first-order chi connectivity index (χ1) is 8.13. The molecule has 1 aromatic carbocycles. The third-order valence-electron chi connectivity index (χ3n) is 3.06. The first-order valence-corrected chi connectivity index (χ1v) is 6.01. The van der Waals surface area contributed by atoms with E-state index < -0.39 is 0 Å². The lowest BCUT2D eigenvalue weighted by molar-refractivity contribution is 0.733. The van der Waals surface area contributed by atoms with Crippen LogP contribution in [0.3, 0.4) is 0 Å². The fourth-order valence-electron chi connectivity index (χ4n) is 2.13. The van der Waals surface area contributed by atoms with Crippen LogP contribution in [0.1, 0.15) is 24.6 Å². The van der Waals surface area contributed by atoms with Crippen molar-refractivity contribution in [3.05, 3.63) is 35.7 Å². The lowest BCUT2D eigenvalue weighted by Gasteiger charge is -2.07. The maximum absolute atomic E-state index is 5.96. The van der Waals surface area contributed by atoms with E-state index in [4.69, 9.17) is 5.73 Å². The zero-order chi connectivity index (χ0) is 12.4. The van der Waals surface area contributed by atoms with Crippen molar-refractivity contribution in [1.29, 1.82) is 0 Å². The molecule has 0 fully saturated rings. The molecule has 0 amide bonds. The third kappa shape index (κ3) is 2.18. The van der Waals surface area contributed by atoms with Crippen LogP contribution in [-0.4, -0.2) is 9.78 Å². The van der Waals surface area contributed by atoms with Crippen molar-refractivity contribution >= 4 is 5.69 Å². The molecule has 2 N–H and O–H groups in total. The number of rotatable bonds is 3. The van der Waals surface area contributed by atoms with E-state index in [1.54, 1.807) is 0 Å². The van der Waals surface area contributed by atoms with Crippen molar-refractivity contribution in [1.82, 2.24) is 9.78 Å². The number of aryl methyl sites for hydroxylation is 2. The Kier molecular flexibility index (Phi) is 3.18. The van der Waals surface area contributed by atoms with Gasteiger partial charge in [-0.2, -0.15) is 5.10 Å². The first kappa shape index (κ1) is 11.7. The second-order valence-corrected chi connectivity index (χ2v) is 4.43. The first-order valence-electron chi connectivity index (χ1n) is 6.01. The molecule has 2 rings (SSSR count). The van der Waals surface area contributed by atoms with Gasteiger partial charge in [-0.1, -0.05) is 25.5 Å². The van der Waals surface area contributed by atoms with Gasteiger partial charge in [0.05, 0.1) is 5.69 Å². The van der Waals surface area contributed by atoms with Crippen LogP contribution in [0.25, 0.3) is 11.1 Å². The largest absolute Gasteiger partial charge is 0.398 e. The molecular weight excluding hydrogens is 210 g/mol. The minimum absolute atomic E-state index is 0.841. The molecule has 0 saturated heterocycles. The van der Waals surface area contributed by atoms with Gasteiger partial charge < -0.3 is 5.73 Å². The van der Waals surface area contributed by atoms with Crippen LogP contribution in [-0.2, 0) is 13.5 Å². The highest BCUT2D eigenvalue weighted by Crippen LogP contribution is 2.29. The van der Waals surface area contributed by atoms with Gasteiger partial charge >= 0.3 is 0 Å². The van der Waals surface area contributed by atoms with Gasteiger partial charge in [0.25, 0.3) is 0 Å². The van der Waals surface area contributed by atoms with Gasteiger partial charge in [-0.25, -0.2) is 0 Å². The van der Waals surface area contributed by atoms with E-state index in [1.165, 1.54) is 11.1 Å². The third-order valence-corrected chi connectivity index (χ3v) is 3.06. The summed E-state index contributed by atoms with van der Waals surface area (Å²) in [6, 6.07) is 6.05. The van der Waals surface area contributed by atoms with Crippen LogP contribution < -0.4 is 5.73 Å². The van der Waals surface area contributed by atoms with Gasteiger partial charge in [0.2, 0.25) is 0 Å². The van der Waals surface area contributed by atoms with Gasteiger partial charge in [-0.15, -0.1) is 0 Å². The number of nitrogens with two attached hydrogens (primary N) is 1. The molecule has 90 valence electrons. The molecule has 0 bridgehead atoms. The zero-order valence-electron chi connectivity index (χ0n) is 10.7. The maximum atomic E-state index is 5.96. The fourth-order valence-corrected chi connectivity index (χ4v) is 2.13. The van der Waals surface area contributed by atoms with Crippen molar-refractivity contribution in [3.63, 3.8) is 0 Å².